The molecule has 0 heterocycles. The maximum atomic E-state index is 12.8. The second-order valence-electron chi connectivity index (χ2n) is 3.88. The van der Waals surface area contributed by atoms with Gasteiger partial charge >= 0.3 is 0 Å². The monoisotopic (exact) mass is 225 g/mol. The molecule has 78 valence electrons. The van der Waals surface area contributed by atoms with E-state index in [1.807, 2.05) is 0 Å². The molecule has 1 aliphatic rings. The lowest BCUT2D eigenvalue weighted by molar-refractivity contribution is 0.0448. The molecule has 0 spiro atoms. The third kappa shape index (κ3) is 1.60. The fourth-order valence-electron chi connectivity index (χ4n) is 1.99. The van der Waals surface area contributed by atoms with E-state index in [9.17, 15) is 9.50 Å². The molecule has 1 N–H and O–H groups in total. The highest BCUT2D eigenvalue weighted by atomic mass is 35.5. The molecule has 1 aliphatic carbocycles. The van der Waals surface area contributed by atoms with Crippen molar-refractivity contribution in [3.63, 3.8) is 0 Å². The van der Waals surface area contributed by atoms with E-state index in [0.29, 0.717) is 18.4 Å². The highest BCUT2D eigenvalue weighted by molar-refractivity contribution is 6.31. The van der Waals surface area contributed by atoms with Crippen LogP contribution in [0.15, 0.2) is 18.2 Å². The fourth-order valence-corrected chi connectivity index (χ4v) is 2.34. The van der Waals surface area contributed by atoms with Crippen LogP contribution in [-0.4, -0.2) is 11.2 Å². The van der Waals surface area contributed by atoms with Crippen molar-refractivity contribution in [2.45, 2.75) is 24.4 Å². The SMILES string of the molecule is N#CC1(c2ccc(F)cc2Cl)CC(O)C1. The zero-order chi connectivity index (χ0) is 11.1. The third-order valence-corrected chi connectivity index (χ3v) is 3.14. The average molecular weight is 226 g/mol. The molecule has 15 heavy (non-hydrogen) atoms. The highest BCUT2D eigenvalue weighted by Crippen LogP contribution is 2.45. The van der Waals surface area contributed by atoms with Crippen LogP contribution in [0.4, 0.5) is 4.39 Å². The highest BCUT2D eigenvalue weighted by Gasteiger charge is 2.46. The Bertz CT molecular complexity index is 435. The van der Waals surface area contributed by atoms with Gasteiger partial charge in [0.05, 0.1) is 17.6 Å². The van der Waals surface area contributed by atoms with Gasteiger partial charge in [0.25, 0.3) is 0 Å². The van der Waals surface area contributed by atoms with Gasteiger partial charge in [-0.25, -0.2) is 4.39 Å². The van der Waals surface area contributed by atoms with Crippen molar-refractivity contribution in [2.24, 2.45) is 0 Å². The molecular weight excluding hydrogens is 217 g/mol. The van der Waals surface area contributed by atoms with Gasteiger partial charge in [-0.3, -0.25) is 0 Å². The van der Waals surface area contributed by atoms with Gasteiger partial charge in [0.2, 0.25) is 0 Å². The number of aliphatic hydroxyl groups excluding tert-OH is 1. The van der Waals surface area contributed by atoms with Gasteiger partial charge in [0.1, 0.15) is 5.82 Å². The molecule has 0 aliphatic heterocycles. The summed E-state index contributed by atoms with van der Waals surface area (Å²) < 4.78 is 12.8. The van der Waals surface area contributed by atoms with Crippen LogP contribution in [-0.2, 0) is 5.41 Å². The van der Waals surface area contributed by atoms with Crippen LogP contribution < -0.4 is 0 Å². The molecule has 0 unspecified atom stereocenters. The molecule has 4 heteroatoms. The standard InChI is InChI=1S/C11H9ClFNO/c12-10-3-7(13)1-2-9(10)11(6-14)4-8(15)5-11/h1-3,8,15H,4-5H2. The van der Waals surface area contributed by atoms with E-state index in [4.69, 9.17) is 16.9 Å². The lowest BCUT2D eigenvalue weighted by Crippen LogP contribution is -2.43. The summed E-state index contributed by atoms with van der Waals surface area (Å²) >= 11 is 5.88. The van der Waals surface area contributed by atoms with Crippen molar-refractivity contribution in [2.75, 3.05) is 0 Å². The Balaban J connectivity index is 2.41. The summed E-state index contributed by atoms with van der Waals surface area (Å²) in [6.45, 7) is 0. The van der Waals surface area contributed by atoms with Crippen LogP contribution in [0.1, 0.15) is 18.4 Å². The zero-order valence-electron chi connectivity index (χ0n) is 7.87. The van der Waals surface area contributed by atoms with E-state index in [-0.39, 0.29) is 5.02 Å². The maximum absolute atomic E-state index is 12.8. The number of hydrogen-bond acceptors (Lipinski definition) is 2. The fraction of sp³-hybridized carbons (Fsp3) is 0.364. The number of benzene rings is 1. The van der Waals surface area contributed by atoms with Crippen LogP contribution in [0.3, 0.4) is 0 Å². The van der Waals surface area contributed by atoms with E-state index < -0.39 is 17.3 Å². The first-order valence-electron chi connectivity index (χ1n) is 4.62. The molecule has 2 rings (SSSR count). The summed E-state index contributed by atoms with van der Waals surface area (Å²) in [7, 11) is 0. The molecule has 1 aromatic carbocycles. The summed E-state index contributed by atoms with van der Waals surface area (Å²) in [5.74, 6) is -0.420. The molecule has 0 amide bonds. The Morgan fingerprint density at radius 2 is 2.20 bits per heavy atom. The lowest BCUT2D eigenvalue weighted by atomic mass is 9.64. The minimum atomic E-state index is -0.732. The Morgan fingerprint density at radius 1 is 1.53 bits per heavy atom. The first kappa shape index (κ1) is 10.4. The van der Waals surface area contributed by atoms with Crippen LogP contribution in [0, 0.1) is 17.1 Å². The van der Waals surface area contributed by atoms with Gasteiger partial charge in [-0.2, -0.15) is 5.26 Å². The molecular formula is C11H9ClFNO. The van der Waals surface area contributed by atoms with E-state index in [0.717, 1.165) is 0 Å². The topological polar surface area (TPSA) is 44.0 Å². The summed E-state index contributed by atoms with van der Waals surface area (Å²) in [6.07, 6.45) is 0.287. The van der Waals surface area contributed by atoms with E-state index in [1.54, 1.807) is 0 Å². The lowest BCUT2D eigenvalue weighted by Gasteiger charge is -2.40. The minimum absolute atomic E-state index is 0.253. The van der Waals surface area contributed by atoms with Gasteiger partial charge in [-0.15, -0.1) is 0 Å². The second kappa shape index (κ2) is 3.48. The van der Waals surface area contributed by atoms with Crippen molar-refractivity contribution >= 4 is 11.6 Å². The predicted octanol–water partition coefficient (Wildman–Crippen LogP) is 2.40. The molecule has 1 saturated carbocycles. The first-order valence-corrected chi connectivity index (χ1v) is 5.00. The molecule has 0 saturated heterocycles. The molecule has 0 aromatic heterocycles. The van der Waals surface area contributed by atoms with Gasteiger partial charge in [-0.1, -0.05) is 17.7 Å². The number of nitrogens with zero attached hydrogens (tertiary/aromatic N) is 1. The Labute approximate surface area is 91.9 Å². The molecule has 0 atom stereocenters. The quantitative estimate of drug-likeness (QED) is 0.798. The first-order chi connectivity index (χ1) is 7.07. The smallest absolute Gasteiger partial charge is 0.124 e. The third-order valence-electron chi connectivity index (χ3n) is 2.83. The van der Waals surface area contributed by atoms with Crippen molar-refractivity contribution in [1.29, 1.82) is 5.26 Å². The van der Waals surface area contributed by atoms with E-state index >= 15 is 0 Å². The number of aliphatic hydroxyl groups is 1. The van der Waals surface area contributed by atoms with Gasteiger partial charge in [-0.05, 0) is 30.5 Å². The summed E-state index contributed by atoms with van der Waals surface area (Å²) in [5, 5.41) is 18.6. The van der Waals surface area contributed by atoms with Crippen molar-refractivity contribution < 1.29 is 9.50 Å². The Kier molecular flexibility index (Phi) is 2.41. The van der Waals surface area contributed by atoms with Gasteiger partial charge < -0.3 is 5.11 Å². The Morgan fingerprint density at radius 3 is 2.67 bits per heavy atom. The average Bonchev–Trinajstić information content (AvgIpc) is 2.13. The van der Waals surface area contributed by atoms with Crippen LogP contribution in [0.2, 0.25) is 5.02 Å². The number of halogens is 2. The second-order valence-corrected chi connectivity index (χ2v) is 4.29. The van der Waals surface area contributed by atoms with Crippen LogP contribution >= 0.6 is 11.6 Å². The molecule has 1 aromatic rings. The molecule has 1 fully saturated rings. The Hall–Kier alpha value is -1.11. The number of hydrogen-bond donors (Lipinski definition) is 1. The van der Waals surface area contributed by atoms with Crippen molar-refractivity contribution in [3.8, 4) is 6.07 Å². The minimum Gasteiger partial charge on any atom is -0.393 e. The van der Waals surface area contributed by atoms with Gasteiger partial charge in [0, 0.05) is 5.02 Å². The van der Waals surface area contributed by atoms with Crippen molar-refractivity contribution in [1.82, 2.24) is 0 Å². The van der Waals surface area contributed by atoms with Crippen LogP contribution in [0.25, 0.3) is 0 Å². The normalized spacial score (nSPS) is 29.3. The predicted molar refractivity (Wildman–Crippen MR) is 53.9 cm³/mol. The summed E-state index contributed by atoms with van der Waals surface area (Å²) in [4.78, 5) is 0. The molecule has 0 bridgehead atoms. The maximum Gasteiger partial charge on any atom is 0.124 e. The zero-order valence-corrected chi connectivity index (χ0v) is 8.63. The van der Waals surface area contributed by atoms with Gasteiger partial charge in [0.15, 0.2) is 0 Å². The summed E-state index contributed by atoms with van der Waals surface area (Å²) in [6, 6.07) is 6.15. The number of rotatable bonds is 1. The summed E-state index contributed by atoms with van der Waals surface area (Å²) in [5.41, 5.74) is -0.122. The van der Waals surface area contributed by atoms with Crippen molar-refractivity contribution in [3.05, 3.63) is 34.6 Å². The van der Waals surface area contributed by atoms with E-state index in [1.165, 1.54) is 18.2 Å². The van der Waals surface area contributed by atoms with E-state index in [2.05, 4.69) is 6.07 Å². The molecule has 0 radical (unpaired) electrons. The number of nitriles is 1. The molecule has 2 nitrogen and oxygen atoms in total. The van der Waals surface area contributed by atoms with Crippen LogP contribution in [0.5, 0.6) is 0 Å². The largest absolute Gasteiger partial charge is 0.393 e.